The third-order valence-electron chi connectivity index (χ3n) is 3.72. The smallest absolute Gasteiger partial charge is 0.137 e. The van der Waals surface area contributed by atoms with Crippen LogP contribution in [0.15, 0.2) is 24.5 Å². The van der Waals surface area contributed by atoms with Crippen molar-refractivity contribution in [2.24, 2.45) is 0 Å². The van der Waals surface area contributed by atoms with Gasteiger partial charge in [-0.1, -0.05) is 18.6 Å². The molecule has 0 saturated carbocycles. The summed E-state index contributed by atoms with van der Waals surface area (Å²) in [5.41, 5.74) is 2.20. The lowest BCUT2D eigenvalue weighted by Gasteiger charge is -2.19. The van der Waals surface area contributed by atoms with Gasteiger partial charge in [-0.2, -0.15) is 0 Å². The first-order valence-electron chi connectivity index (χ1n) is 6.87. The highest BCUT2D eigenvalue weighted by Crippen LogP contribution is 2.25. The predicted octanol–water partition coefficient (Wildman–Crippen LogP) is 2.92. The Morgan fingerprint density at radius 3 is 3.11 bits per heavy atom. The molecule has 2 atom stereocenters. The van der Waals surface area contributed by atoms with Gasteiger partial charge in [0.05, 0.1) is 17.7 Å². The zero-order valence-electron chi connectivity index (χ0n) is 11.4. The maximum Gasteiger partial charge on any atom is 0.137 e. The summed E-state index contributed by atoms with van der Waals surface area (Å²) in [4.78, 5) is 8.72. The Morgan fingerprint density at radius 2 is 2.26 bits per heavy atom. The molecule has 1 aliphatic rings. The summed E-state index contributed by atoms with van der Waals surface area (Å²) in [7, 11) is 0. The predicted molar refractivity (Wildman–Crippen MR) is 76.3 cm³/mol. The molecular formula is C15H19N3O. The van der Waals surface area contributed by atoms with Gasteiger partial charge >= 0.3 is 0 Å². The van der Waals surface area contributed by atoms with Crippen LogP contribution in [-0.2, 0) is 4.74 Å². The quantitative estimate of drug-likeness (QED) is 0.918. The molecule has 0 spiro atoms. The van der Waals surface area contributed by atoms with Gasteiger partial charge in [-0.05, 0) is 31.9 Å². The fourth-order valence-corrected chi connectivity index (χ4v) is 2.68. The van der Waals surface area contributed by atoms with E-state index in [0.717, 1.165) is 36.2 Å². The van der Waals surface area contributed by atoms with Gasteiger partial charge in [-0.3, -0.25) is 0 Å². The van der Waals surface area contributed by atoms with E-state index < -0.39 is 0 Å². The van der Waals surface area contributed by atoms with E-state index in [1.165, 1.54) is 5.56 Å². The Labute approximate surface area is 113 Å². The molecule has 2 aromatic rings. The molecule has 1 aromatic carbocycles. The number of ether oxygens (including phenoxy) is 1. The first kappa shape index (κ1) is 12.4. The van der Waals surface area contributed by atoms with Crippen molar-refractivity contribution < 1.29 is 4.74 Å². The highest BCUT2D eigenvalue weighted by Gasteiger charge is 2.27. The fourth-order valence-electron chi connectivity index (χ4n) is 2.68. The van der Waals surface area contributed by atoms with Gasteiger partial charge in [-0.25, -0.2) is 9.97 Å². The number of nitrogens with one attached hydrogen (secondary N) is 1. The van der Waals surface area contributed by atoms with Gasteiger partial charge in [0.2, 0.25) is 0 Å². The minimum absolute atomic E-state index is 0.287. The van der Waals surface area contributed by atoms with Gasteiger partial charge in [-0.15, -0.1) is 0 Å². The second kappa shape index (κ2) is 5.13. The molecule has 1 saturated heterocycles. The first-order valence-corrected chi connectivity index (χ1v) is 6.87. The van der Waals surface area contributed by atoms with Gasteiger partial charge < -0.3 is 10.1 Å². The molecule has 1 N–H and O–H groups in total. The molecule has 3 rings (SSSR count). The molecule has 0 amide bonds. The number of rotatable bonds is 3. The number of anilines is 1. The summed E-state index contributed by atoms with van der Waals surface area (Å²) in [5, 5.41) is 4.62. The lowest BCUT2D eigenvalue weighted by Crippen LogP contribution is -2.29. The molecule has 0 bridgehead atoms. The summed E-state index contributed by atoms with van der Waals surface area (Å²) in [6, 6.07) is 6.60. The number of aryl methyl sites for hydroxylation is 1. The second-order valence-electron chi connectivity index (χ2n) is 5.10. The molecule has 0 unspecified atom stereocenters. The topological polar surface area (TPSA) is 47.0 Å². The van der Waals surface area contributed by atoms with Crippen LogP contribution in [0.4, 0.5) is 5.82 Å². The zero-order valence-corrected chi connectivity index (χ0v) is 11.4. The van der Waals surface area contributed by atoms with E-state index in [1.807, 2.05) is 6.07 Å². The first-order chi connectivity index (χ1) is 9.28. The molecule has 19 heavy (non-hydrogen) atoms. The highest BCUT2D eigenvalue weighted by atomic mass is 16.5. The van der Waals surface area contributed by atoms with E-state index >= 15 is 0 Å². The van der Waals surface area contributed by atoms with Crippen LogP contribution in [0.1, 0.15) is 25.3 Å². The van der Waals surface area contributed by atoms with E-state index in [4.69, 9.17) is 4.74 Å². The van der Waals surface area contributed by atoms with Crippen LogP contribution in [0.5, 0.6) is 0 Å². The average molecular weight is 257 g/mol. The minimum atomic E-state index is 0.287. The number of aromatic nitrogens is 2. The van der Waals surface area contributed by atoms with Crippen molar-refractivity contribution in [3.8, 4) is 0 Å². The van der Waals surface area contributed by atoms with Crippen molar-refractivity contribution in [1.82, 2.24) is 9.97 Å². The van der Waals surface area contributed by atoms with Crippen LogP contribution in [0.25, 0.3) is 10.9 Å². The Balaban J connectivity index is 1.94. The van der Waals surface area contributed by atoms with Gasteiger partial charge in [0.1, 0.15) is 12.1 Å². The number of nitrogens with zero attached hydrogens (tertiary/aromatic N) is 2. The van der Waals surface area contributed by atoms with Crippen LogP contribution < -0.4 is 5.32 Å². The van der Waals surface area contributed by atoms with Gasteiger partial charge in [0, 0.05) is 12.0 Å². The van der Waals surface area contributed by atoms with Crippen molar-refractivity contribution in [2.45, 2.75) is 38.8 Å². The van der Waals surface area contributed by atoms with Crippen LogP contribution in [-0.4, -0.2) is 28.7 Å². The maximum atomic E-state index is 5.72. The number of hydrogen-bond donors (Lipinski definition) is 1. The number of benzene rings is 1. The molecule has 1 aliphatic heterocycles. The van der Waals surface area contributed by atoms with Crippen LogP contribution in [0.3, 0.4) is 0 Å². The summed E-state index contributed by atoms with van der Waals surface area (Å²) in [6.07, 6.45) is 3.97. The lowest BCUT2D eigenvalue weighted by molar-refractivity contribution is 0.104. The standard InChI is InChI=1S/C15H19N3O/c1-3-14-13(6-7-19-14)18-15-11-8-10(2)4-5-12(11)16-9-17-15/h4-5,8-9,13-14H,3,6-7H2,1-2H3,(H,16,17,18)/t13-,14+/m1/s1. The third-order valence-corrected chi connectivity index (χ3v) is 3.72. The average Bonchev–Trinajstić information content (AvgIpc) is 2.87. The Morgan fingerprint density at radius 1 is 1.37 bits per heavy atom. The van der Waals surface area contributed by atoms with E-state index in [1.54, 1.807) is 6.33 Å². The zero-order chi connectivity index (χ0) is 13.2. The van der Waals surface area contributed by atoms with Crippen molar-refractivity contribution in [2.75, 3.05) is 11.9 Å². The van der Waals surface area contributed by atoms with Gasteiger partial charge in [0.25, 0.3) is 0 Å². The second-order valence-corrected chi connectivity index (χ2v) is 5.10. The third kappa shape index (κ3) is 2.40. The molecule has 4 nitrogen and oxygen atoms in total. The minimum Gasteiger partial charge on any atom is -0.376 e. The summed E-state index contributed by atoms with van der Waals surface area (Å²) >= 11 is 0. The Bertz CT molecular complexity index is 585. The number of fused-ring (bicyclic) bond motifs is 1. The van der Waals surface area contributed by atoms with Crippen LogP contribution in [0, 0.1) is 6.92 Å². The fraction of sp³-hybridized carbons (Fsp3) is 0.467. The number of hydrogen-bond acceptors (Lipinski definition) is 4. The molecule has 4 heteroatoms. The molecular weight excluding hydrogens is 238 g/mol. The van der Waals surface area contributed by atoms with Crippen LogP contribution >= 0.6 is 0 Å². The molecule has 1 fully saturated rings. The monoisotopic (exact) mass is 257 g/mol. The largest absolute Gasteiger partial charge is 0.376 e. The Kier molecular flexibility index (Phi) is 3.34. The molecule has 2 heterocycles. The van der Waals surface area contributed by atoms with Crippen molar-refractivity contribution in [3.05, 3.63) is 30.1 Å². The van der Waals surface area contributed by atoms with E-state index in [-0.39, 0.29) is 6.10 Å². The van der Waals surface area contributed by atoms with E-state index in [9.17, 15) is 0 Å². The summed E-state index contributed by atoms with van der Waals surface area (Å²) in [6.45, 7) is 5.08. The van der Waals surface area contributed by atoms with E-state index in [0.29, 0.717) is 6.04 Å². The lowest BCUT2D eigenvalue weighted by atomic mass is 10.1. The molecule has 0 radical (unpaired) electrons. The summed E-state index contributed by atoms with van der Waals surface area (Å²) in [5.74, 6) is 0.919. The van der Waals surface area contributed by atoms with Gasteiger partial charge in [0.15, 0.2) is 0 Å². The normalized spacial score (nSPS) is 22.8. The van der Waals surface area contributed by atoms with Crippen molar-refractivity contribution >= 4 is 16.7 Å². The SMILES string of the molecule is CC[C@@H]1OCC[C@H]1Nc1ncnc2ccc(C)cc12. The Hall–Kier alpha value is -1.68. The highest BCUT2D eigenvalue weighted by molar-refractivity contribution is 5.89. The summed E-state index contributed by atoms with van der Waals surface area (Å²) < 4.78 is 5.72. The maximum absolute atomic E-state index is 5.72. The van der Waals surface area contributed by atoms with Crippen molar-refractivity contribution in [1.29, 1.82) is 0 Å². The van der Waals surface area contributed by atoms with E-state index in [2.05, 4.69) is 41.3 Å². The molecule has 0 aliphatic carbocycles. The molecule has 100 valence electrons. The molecule has 1 aromatic heterocycles. The van der Waals surface area contributed by atoms with Crippen molar-refractivity contribution in [3.63, 3.8) is 0 Å². The van der Waals surface area contributed by atoms with Crippen LogP contribution in [0.2, 0.25) is 0 Å².